The third kappa shape index (κ3) is 7.78. The number of hydrogen-bond donors (Lipinski definition) is 1. The van der Waals surface area contributed by atoms with Gasteiger partial charge in [-0.2, -0.15) is 5.10 Å². The number of hydrogen-bond acceptors (Lipinski definition) is 4. The number of thioether (sulfide) groups is 1. The van der Waals surface area contributed by atoms with Crippen LogP contribution in [0.5, 0.6) is 5.75 Å². The summed E-state index contributed by atoms with van der Waals surface area (Å²) in [6.45, 7) is 2.85. The summed E-state index contributed by atoms with van der Waals surface area (Å²) >= 11 is 7.63. The molecule has 0 atom stereocenters. The van der Waals surface area contributed by atoms with Gasteiger partial charge in [0.05, 0.1) is 12.8 Å². The number of halogens is 1. The molecule has 1 amide bonds. The maximum Gasteiger partial charge on any atom is 0.271 e. The molecule has 0 saturated heterocycles. The molecule has 3 aromatic rings. The number of carbonyl (C=O) groups excluding carboxylic acids is 1. The van der Waals surface area contributed by atoms with E-state index in [2.05, 4.69) is 17.5 Å². The topological polar surface area (TPSA) is 50.7 Å². The van der Waals surface area contributed by atoms with Gasteiger partial charge in [0.15, 0.2) is 0 Å². The maximum absolute atomic E-state index is 12.3. The largest absolute Gasteiger partial charge is 0.494 e. The predicted molar refractivity (Wildman–Crippen MR) is 129 cm³/mol. The van der Waals surface area contributed by atoms with Crippen molar-refractivity contribution in [1.29, 1.82) is 0 Å². The number of benzene rings is 3. The average Bonchev–Trinajstić information content (AvgIpc) is 2.80. The van der Waals surface area contributed by atoms with Gasteiger partial charge in [0.1, 0.15) is 5.75 Å². The standard InChI is InChI=1S/C25H25ClN2O2S/c1-2-3-16-30-23-12-6-19(7-13-23)17-27-28-25(29)21-8-4-20(5-9-21)18-31-24-14-10-22(26)11-15-24/h4-15,17H,2-3,16,18H2,1H3,(H,28,29)/b27-17+. The van der Waals surface area contributed by atoms with Gasteiger partial charge < -0.3 is 4.74 Å². The molecule has 4 nitrogen and oxygen atoms in total. The molecule has 3 aromatic carbocycles. The number of rotatable bonds is 10. The maximum atomic E-state index is 12.3. The number of ether oxygens (including phenoxy) is 1. The molecule has 31 heavy (non-hydrogen) atoms. The second-order valence-corrected chi connectivity index (χ2v) is 8.39. The third-order valence-electron chi connectivity index (χ3n) is 4.46. The van der Waals surface area contributed by atoms with Crippen molar-refractivity contribution in [2.45, 2.75) is 30.4 Å². The van der Waals surface area contributed by atoms with Crippen LogP contribution in [0.25, 0.3) is 0 Å². The first-order valence-corrected chi connectivity index (χ1v) is 11.5. The number of nitrogens with zero attached hydrogens (tertiary/aromatic N) is 1. The van der Waals surface area contributed by atoms with Crippen molar-refractivity contribution in [2.75, 3.05) is 6.61 Å². The summed E-state index contributed by atoms with van der Waals surface area (Å²) in [5, 5.41) is 4.78. The Labute approximate surface area is 192 Å². The Balaban J connectivity index is 1.46. The fraction of sp³-hybridized carbons (Fsp3) is 0.200. The van der Waals surface area contributed by atoms with Crippen molar-refractivity contribution in [3.8, 4) is 5.75 Å². The van der Waals surface area contributed by atoms with Gasteiger partial charge in [-0.05, 0) is 78.2 Å². The fourth-order valence-corrected chi connectivity index (χ4v) is 3.64. The molecular formula is C25H25ClN2O2S. The first-order valence-electron chi connectivity index (χ1n) is 10.2. The van der Waals surface area contributed by atoms with Gasteiger partial charge in [0, 0.05) is 21.2 Å². The monoisotopic (exact) mass is 452 g/mol. The van der Waals surface area contributed by atoms with E-state index in [9.17, 15) is 4.79 Å². The van der Waals surface area contributed by atoms with E-state index in [1.165, 1.54) is 0 Å². The molecule has 1 N–H and O–H groups in total. The first kappa shape index (κ1) is 22.9. The number of amides is 1. The van der Waals surface area contributed by atoms with Crippen molar-refractivity contribution < 1.29 is 9.53 Å². The van der Waals surface area contributed by atoms with Crippen molar-refractivity contribution in [3.05, 3.63) is 94.5 Å². The van der Waals surface area contributed by atoms with Crippen LogP contribution >= 0.6 is 23.4 Å². The van der Waals surface area contributed by atoms with E-state index in [1.807, 2.05) is 72.8 Å². The minimum atomic E-state index is -0.243. The molecule has 0 aromatic heterocycles. The highest BCUT2D eigenvalue weighted by Gasteiger charge is 2.04. The summed E-state index contributed by atoms with van der Waals surface area (Å²) in [4.78, 5) is 13.4. The second-order valence-electron chi connectivity index (χ2n) is 6.91. The molecule has 0 unspecified atom stereocenters. The lowest BCUT2D eigenvalue weighted by molar-refractivity contribution is 0.0955. The summed E-state index contributed by atoms with van der Waals surface area (Å²) in [6.07, 6.45) is 3.76. The zero-order valence-electron chi connectivity index (χ0n) is 17.4. The first-order chi connectivity index (χ1) is 15.1. The Kier molecular flexibility index (Phi) is 9.00. The van der Waals surface area contributed by atoms with Crippen LogP contribution in [0.3, 0.4) is 0 Å². The Morgan fingerprint density at radius 2 is 1.74 bits per heavy atom. The minimum Gasteiger partial charge on any atom is -0.494 e. The summed E-state index contributed by atoms with van der Waals surface area (Å²) in [5.74, 6) is 1.41. The van der Waals surface area contributed by atoms with Gasteiger partial charge in [-0.25, -0.2) is 5.43 Å². The van der Waals surface area contributed by atoms with Gasteiger partial charge in [-0.15, -0.1) is 11.8 Å². The SMILES string of the molecule is CCCCOc1ccc(/C=N/NC(=O)c2ccc(CSc3ccc(Cl)cc3)cc2)cc1. The Morgan fingerprint density at radius 1 is 1.03 bits per heavy atom. The van der Waals surface area contributed by atoms with E-state index in [0.717, 1.165) is 52.0 Å². The molecule has 160 valence electrons. The van der Waals surface area contributed by atoms with Crippen LogP contribution in [0.1, 0.15) is 41.3 Å². The van der Waals surface area contributed by atoms with E-state index in [1.54, 1.807) is 18.0 Å². The van der Waals surface area contributed by atoms with Crippen molar-refractivity contribution >= 4 is 35.5 Å². The van der Waals surface area contributed by atoms with Gasteiger partial charge in [0.25, 0.3) is 5.91 Å². The van der Waals surface area contributed by atoms with Crippen LogP contribution in [0.4, 0.5) is 0 Å². The van der Waals surface area contributed by atoms with Crippen LogP contribution in [-0.4, -0.2) is 18.7 Å². The Morgan fingerprint density at radius 3 is 2.42 bits per heavy atom. The smallest absolute Gasteiger partial charge is 0.271 e. The van der Waals surface area contributed by atoms with Gasteiger partial charge in [-0.3, -0.25) is 4.79 Å². The number of nitrogens with one attached hydrogen (secondary N) is 1. The normalized spacial score (nSPS) is 10.9. The molecule has 0 spiro atoms. The lowest BCUT2D eigenvalue weighted by atomic mass is 10.1. The van der Waals surface area contributed by atoms with Crippen LogP contribution in [-0.2, 0) is 5.75 Å². The highest BCUT2D eigenvalue weighted by molar-refractivity contribution is 7.98. The molecule has 0 bridgehead atoms. The Bertz CT molecular complexity index is 988. The van der Waals surface area contributed by atoms with E-state index in [4.69, 9.17) is 16.3 Å². The lowest BCUT2D eigenvalue weighted by Gasteiger charge is -2.05. The Hall–Kier alpha value is -2.76. The number of unbranched alkanes of at least 4 members (excludes halogenated alkanes) is 1. The molecule has 0 radical (unpaired) electrons. The average molecular weight is 453 g/mol. The van der Waals surface area contributed by atoms with Crippen LogP contribution < -0.4 is 10.2 Å². The van der Waals surface area contributed by atoms with Crippen LogP contribution in [0.2, 0.25) is 5.02 Å². The van der Waals surface area contributed by atoms with Crippen molar-refractivity contribution in [3.63, 3.8) is 0 Å². The summed E-state index contributed by atoms with van der Waals surface area (Å²) in [6, 6.07) is 22.9. The van der Waals surface area contributed by atoms with Crippen LogP contribution in [0.15, 0.2) is 82.8 Å². The summed E-state index contributed by atoms with van der Waals surface area (Å²) < 4.78 is 5.64. The zero-order chi connectivity index (χ0) is 21.9. The molecule has 0 aliphatic heterocycles. The summed E-state index contributed by atoms with van der Waals surface area (Å²) in [5.41, 5.74) is 5.16. The highest BCUT2D eigenvalue weighted by atomic mass is 35.5. The summed E-state index contributed by atoms with van der Waals surface area (Å²) in [7, 11) is 0. The molecule has 0 heterocycles. The molecule has 6 heteroatoms. The molecule has 0 aliphatic rings. The highest BCUT2D eigenvalue weighted by Crippen LogP contribution is 2.24. The quantitative estimate of drug-likeness (QED) is 0.164. The molecular weight excluding hydrogens is 428 g/mol. The van der Waals surface area contributed by atoms with E-state index >= 15 is 0 Å². The molecule has 0 saturated carbocycles. The number of hydrazone groups is 1. The fourth-order valence-electron chi connectivity index (χ4n) is 2.66. The number of carbonyl (C=O) groups is 1. The van der Waals surface area contributed by atoms with Gasteiger partial charge >= 0.3 is 0 Å². The molecule has 3 rings (SSSR count). The van der Waals surface area contributed by atoms with Crippen LogP contribution in [0, 0.1) is 0 Å². The molecule has 0 fully saturated rings. The lowest BCUT2D eigenvalue weighted by Crippen LogP contribution is -2.17. The third-order valence-corrected chi connectivity index (χ3v) is 5.80. The van der Waals surface area contributed by atoms with Crippen molar-refractivity contribution in [1.82, 2.24) is 5.43 Å². The second kappa shape index (κ2) is 12.2. The van der Waals surface area contributed by atoms with E-state index in [-0.39, 0.29) is 5.91 Å². The zero-order valence-corrected chi connectivity index (χ0v) is 19.0. The molecule has 0 aliphatic carbocycles. The van der Waals surface area contributed by atoms with E-state index in [0.29, 0.717) is 5.56 Å². The minimum absolute atomic E-state index is 0.243. The van der Waals surface area contributed by atoms with Gasteiger partial charge in [-0.1, -0.05) is 37.1 Å². The van der Waals surface area contributed by atoms with Gasteiger partial charge in [0.2, 0.25) is 0 Å². The predicted octanol–water partition coefficient (Wildman–Crippen LogP) is 6.58. The van der Waals surface area contributed by atoms with E-state index < -0.39 is 0 Å². The van der Waals surface area contributed by atoms with Crippen molar-refractivity contribution in [2.24, 2.45) is 5.10 Å².